The van der Waals surface area contributed by atoms with Crippen molar-refractivity contribution in [1.29, 1.82) is 0 Å². The number of nitro benzene ring substituents is 1. The molecule has 0 heterocycles. The number of nitrogens with zero attached hydrogens (tertiary/aromatic N) is 1. The van der Waals surface area contributed by atoms with Crippen LogP contribution in [0.5, 0.6) is 0 Å². The lowest BCUT2D eigenvalue weighted by Gasteiger charge is -2.09. The van der Waals surface area contributed by atoms with Crippen LogP contribution in [0.1, 0.15) is 36.7 Å². The van der Waals surface area contributed by atoms with Gasteiger partial charge in [0, 0.05) is 24.2 Å². The van der Waals surface area contributed by atoms with Crippen molar-refractivity contribution in [2.75, 3.05) is 6.54 Å². The summed E-state index contributed by atoms with van der Waals surface area (Å²) in [6, 6.07) is 3.00. The van der Waals surface area contributed by atoms with Crippen molar-refractivity contribution in [2.24, 2.45) is 0 Å². The maximum absolute atomic E-state index is 11.5. The summed E-state index contributed by atoms with van der Waals surface area (Å²) < 4.78 is 0. The fraction of sp³-hybridized carbons (Fsp3) is 0.357. The number of nitro groups is 1. The molecule has 0 saturated heterocycles. The second-order valence-corrected chi connectivity index (χ2v) is 4.08. The first-order valence-electron chi connectivity index (χ1n) is 6.83. The Kier molecular flexibility index (Phi) is 8.60. The Balaban J connectivity index is 0.00000232. The molecule has 126 valence electrons. The second kappa shape index (κ2) is 9.87. The van der Waals surface area contributed by atoms with E-state index in [2.05, 4.69) is 10.6 Å². The largest absolute Gasteiger partial charge is 0.480 e. The minimum atomic E-state index is -1.19. The first-order valence-corrected chi connectivity index (χ1v) is 6.83. The number of nitrogens with one attached hydrogen (secondary N) is 2. The Morgan fingerprint density at radius 3 is 2.30 bits per heavy atom. The minimum absolute atomic E-state index is 0.0572. The summed E-state index contributed by atoms with van der Waals surface area (Å²) in [7, 11) is 0. The molecule has 0 atom stereocenters. The third-order valence-corrected chi connectivity index (χ3v) is 2.52. The van der Waals surface area contributed by atoms with Crippen molar-refractivity contribution in [3.05, 3.63) is 39.4 Å². The molecule has 1 aromatic carbocycles. The predicted octanol–water partition coefficient (Wildman–Crippen LogP) is 1.71. The first-order chi connectivity index (χ1) is 10.8. The highest BCUT2D eigenvalue weighted by Crippen LogP contribution is 2.18. The topological polar surface area (TPSA) is 139 Å². The van der Waals surface area contributed by atoms with Crippen molar-refractivity contribution in [2.45, 2.75) is 27.3 Å². The minimum Gasteiger partial charge on any atom is -0.480 e. The number of Topliss-reactive ketones (excluding diaryl/α,β-unsaturated/α-hetero) is 1. The molecule has 23 heavy (non-hydrogen) atoms. The van der Waals surface area contributed by atoms with Gasteiger partial charge in [-0.25, -0.2) is 4.79 Å². The van der Waals surface area contributed by atoms with E-state index in [1.54, 1.807) is 0 Å². The molecule has 9 heteroatoms. The molecule has 9 nitrogen and oxygen atoms in total. The zero-order valence-electron chi connectivity index (χ0n) is 13.1. The summed E-state index contributed by atoms with van der Waals surface area (Å²) in [5.74, 6) is -1.56. The summed E-state index contributed by atoms with van der Waals surface area (Å²) in [5, 5.41) is 23.5. The fourth-order valence-corrected chi connectivity index (χ4v) is 1.55. The van der Waals surface area contributed by atoms with E-state index in [0.717, 1.165) is 6.07 Å². The van der Waals surface area contributed by atoms with E-state index in [0.29, 0.717) is 5.56 Å². The maximum Gasteiger partial charge on any atom is 0.323 e. The quantitative estimate of drug-likeness (QED) is 0.413. The number of hydrogen-bond donors (Lipinski definition) is 3. The molecule has 3 N–H and O–H groups in total. The van der Waals surface area contributed by atoms with Gasteiger partial charge < -0.3 is 15.7 Å². The van der Waals surface area contributed by atoms with Crippen molar-refractivity contribution in [3.63, 3.8) is 0 Å². The van der Waals surface area contributed by atoms with Crippen LogP contribution in [0.3, 0.4) is 0 Å². The normalized spacial score (nSPS) is 9.17. The number of rotatable bonds is 6. The lowest BCUT2D eigenvalue weighted by Crippen LogP contribution is -2.38. The Morgan fingerprint density at radius 1 is 1.22 bits per heavy atom. The lowest BCUT2D eigenvalue weighted by molar-refractivity contribution is -0.384. The molecule has 0 bridgehead atoms. The summed E-state index contributed by atoms with van der Waals surface area (Å²) in [6.45, 7) is 4.66. The molecule has 0 fully saturated rings. The summed E-state index contributed by atoms with van der Waals surface area (Å²) in [4.78, 5) is 43.1. The van der Waals surface area contributed by atoms with Gasteiger partial charge in [0.2, 0.25) is 0 Å². The number of hydrogen-bond acceptors (Lipinski definition) is 5. The Morgan fingerprint density at radius 2 is 1.83 bits per heavy atom. The fourth-order valence-electron chi connectivity index (χ4n) is 1.55. The van der Waals surface area contributed by atoms with Gasteiger partial charge in [0.25, 0.3) is 5.69 Å². The molecule has 0 unspecified atom stereocenters. The summed E-state index contributed by atoms with van der Waals surface area (Å²) in [5.41, 5.74) is 0.306. The van der Waals surface area contributed by atoms with Crippen molar-refractivity contribution in [1.82, 2.24) is 10.6 Å². The Labute approximate surface area is 132 Å². The van der Waals surface area contributed by atoms with E-state index in [4.69, 9.17) is 5.11 Å². The number of carboxylic acids is 1. The van der Waals surface area contributed by atoms with Gasteiger partial charge in [-0.3, -0.25) is 19.7 Å². The Bertz CT molecular complexity index is 600. The number of benzene rings is 1. The molecule has 0 saturated carbocycles. The van der Waals surface area contributed by atoms with Crippen molar-refractivity contribution >= 4 is 23.5 Å². The molecule has 1 aromatic rings. The zero-order chi connectivity index (χ0) is 18.0. The number of carbonyl (C=O) groups is 3. The van der Waals surface area contributed by atoms with Gasteiger partial charge in [-0.1, -0.05) is 13.8 Å². The van der Waals surface area contributed by atoms with E-state index in [-0.39, 0.29) is 23.6 Å². The second-order valence-electron chi connectivity index (χ2n) is 4.08. The molecular formula is C14H19N3O6. The van der Waals surface area contributed by atoms with Crippen LogP contribution in [0.2, 0.25) is 0 Å². The van der Waals surface area contributed by atoms with Crippen molar-refractivity contribution in [3.8, 4) is 0 Å². The summed E-state index contributed by atoms with van der Waals surface area (Å²) in [6.07, 6.45) is 0. The molecule has 0 aliphatic rings. The molecule has 0 aromatic heterocycles. The molecule has 0 aliphatic heterocycles. The van der Waals surface area contributed by atoms with Crippen LogP contribution in [0, 0.1) is 10.1 Å². The van der Waals surface area contributed by atoms with Crippen molar-refractivity contribution < 1.29 is 24.4 Å². The Hall–Kier alpha value is -2.97. The van der Waals surface area contributed by atoms with Gasteiger partial charge in [-0.15, -0.1) is 0 Å². The maximum atomic E-state index is 11.5. The third kappa shape index (κ3) is 7.02. The van der Waals surface area contributed by atoms with Gasteiger partial charge in [-0.05, 0) is 18.6 Å². The SMILES string of the molecule is CC.CC(=O)c1cc([N+](=O)[O-])ccc1CNC(=O)NCC(=O)O. The van der Waals surface area contributed by atoms with Gasteiger partial charge in [0.1, 0.15) is 6.54 Å². The number of amides is 2. The number of aliphatic carboxylic acids is 1. The van der Waals surface area contributed by atoms with Crippen LogP contribution in [-0.4, -0.2) is 34.4 Å². The average molecular weight is 325 g/mol. The zero-order valence-corrected chi connectivity index (χ0v) is 13.1. The highest BCUT2D eigenvalue weighted by molar-refractivity contribution is 5.96. The van der Waals surface area contributed by atoms with Crippen LogP contribution in [0.4, 0.5) is 10.5 Å². The average Bonchev–Trinajstić information content (AvgIpc) is 2.52. The van der Waals surface area contributed by atoms with Crippen LogP contribution >= 0.6 is 0 Å². The molecule has 0 radical (unpaired) electrons. The first kappa shape index (κ1) is 20.0. The summed E-state index contributed by atoms with van der Waals surface area (Å²) >= 11 is 0. The van der Waals surface area contributed by atoms with E-state index < -0.39 is 23.5 Å². The van der Waals surface area contributed by atoms with Crippen LogP contribution in [-0.2, 0) is 11.3 Å². The van der Waals surface area contributed by atoms with Crippen LogP contribution < -0.4 is 10.6 Å². The van der Waals surface area contributed by atoms with Crippen LogP contribution in [0.15, 0.2) is 18.2 Å². The molecular weight excluding hydrogens is 306 g/mol. The predicted molar refractivity (Wildman–Crippen MR) is 82.3 cm³/mol. The van der Waals surface area contributed by atoms with Gasteiger partial charge >= 0.3 is 12.0 Å². The standard InChI is InChI=1S/C12H13N3O6.C2H6/c1-7(16)10-4-9(15(20)21)3-2-8(10)5-13-12(19)14-6-11(17)18;1-2/h2-4H,5-6H2,1H3,(H,17,18)(H2,13,14,19);1-2H3. The van der Waals surface area contributed by atoms with E-state index in [9.17, 15) is 24.5 Å². The number of carbonyl (C=O) groups excluding carboxylic acids is 2. The van der Waals surface area contributed by atoms with E-state index in [1.807, 2.05) is 13.8 Å². The number of non-ortho nitro benzene ring substituents is 1. The van der Waals surface area contributed by atoms with E-state index in [1.165, 1.54) is 19.1 Å². The van der Waals surface area contributed by atoms with Gasteiger partial charge in [0.05, 0.1) is 4.92 Å². The number of ketones is 1. The van der Waals surface area contributed by atoms with Gasteiger partial charge in [0.15, 0.2) is 5.78 Å². The molecule has 0 spiro atoms. The monoisotopic (exact) mass is 325 g/mol. The number of urea groups is 1. The number of carboxylic acid groups (broad SMARTS) is 1. The van der Waals surface area contributed by atoms with Crippen LogP contribution in [0.25, 0.3) is 0 Å². The highest BCUT2D eigenvalue weighted by Gasteiger charge is 2.14. The third-order valence-electron chi connectivity index (χ3n) is 2.52. The molecule has 2 amide bonds. The smallest absolute Gasteiger partial charge is 0.323 e. The van der Waals surface area contributed by atoms with Gasteiger partial charge in [-0.2, -0.15) is 0 Å². The lowest BCUT2D eigenvalue weighted by atomic mass is 10.0. The molecule has 1 rings (SSSR count). The molecule has 0 aliphatic carbocycles. The highest BCUT2D eigenvalue weighted by atomic mass is 16.6. The van der Waals surface area contributed by atoms with E-state index >= 15 is 0 Å².